The van der Waals surface area contributed by atoms with Crippen LogP contribution in [-0.4, -0.2) is 114 Å². The predicted molar refractivity (Wildman–Crippen MR) is 180 cm³/mol. The number of aliphatic hydroxyl groups is 2. The summed E-state index contributed by atoms with van der Waals surface area (Å²) in [5.74, 6) is -7.86. The topological polar surface area (TPSA) is 220 Å². The molecule has 2 N–H and O–H groups in total. The van der Waals surface area contributed by atoms with Crippen molar-refractivity contribution < 1.29 is 76.9 Å². The number of hydrogen-bond donors (Lipinski definition) is 2. The van der Waals surface area contributed by atoms with Gasteiger partial charge in [0, 0.05) is 51.9 Å². The van der Waals surface area contributed by atoms with Crippen molar-refractivity contribution in [2.24, 2.45) is 45.3 Å². The van der Waals surface area contributed by atoms with Crippen LogP contribution in [-0.2, 0) is 66.7 Å². The average Bonchev–Trinajstić information content (AvgIpc) is 3.72. The number of aliphatic hydroxyl groups excluding tert-OH is 1. The van der Waals surface area contributed by atoms with Gasteiger partial charge in [0.15, 0.2) is 18.5 Å². The van der Waals surface area contributed by atoms with Gasteiger partial charge in [-0.1, -0.05) is 20.8 Å². The Bertz CT molecular complexity index is 1630. The van der Waals surface area contributed by atoms with Crippen molar-refractivity contribution in [3.05, 3.63) is 0 Å². The molecule has 17 atom stereocenters. The summed E-state index contributed by atoms with van der Waals surface area (Å²) in [5, 5.41) is 25.5. The molecule has 2 heterocycles. The highest BCUT2D eigenvalue weighted by Crippen LogP contribution is 2.79. The van der Waals surface area contributed by atoms with Crippen LogP contribution in [0.3, 0.4) is 0 Å². The first-order chi connectivity index (χ1) is 25.0. The molecule has 2 saturated heterocycles. The summed E-state index contributed by atoms with van der Waals surface area (Å²) >= 11 is 0. The van der Waals surface area contributed by atoms with E-state index in [0.717, 1.165) is 6.92 Å². The van der Waals surface area contributed by atoms with Crippen molar-refractivity contribution >= 4 is 35.8 Å². The largest absolute Gasteiger partial charge is 0.467 e. The Morgan fingerprint density at radius 2 is 1.35 bits per heavy atom. The maximum Gasteiger partial charge on any atom is 0.341 e. The van der Waals surface area contributed by atoms with Crippen molar-refractivity contribution in [1.82, 2.24) is 0 Å². The van der Waals surface area contributed by atoms with Crippen LogP contribution in [0, 0.1) is 45.3 Å². The molecule has 0 spiro atoms. The van der Waals surface area contributed by atoms with E-state index in [4.69, 9.17) is 37.9 Å². The van der Waals surface area contributed by atoms with Crippen LogP contribution in [0.5, 0.6) is 0 Å². The number of carbonyl (C=O) groups excluding carboxylic acids is 6. The zero-order valence-corrected chi connectivity index (χ0v) is 32.8. The molecular weight excluding hydrogens is 712 g/mol. The highest BCUT2D eigenvalue weighted by atomic mass is 16.7. The van der Waals surface area contributed by atoms with Crippen LogP contribution >= 0.6 is 0 Å². The van der Waals surface area contributed by atoms with Crippen molar-refractivity contribution in [3.63, 3.8) is 0 Å². The van der Waals surface area contributed by atoms with Gasteiger partial charge in [0.2, 0.25) is 5.60 Å². The Morgan fingerprint density at radius 1 is 0.796 bits per heavy atom. The molecule has 16 heteroatoms. The van der Waals surface area contributed by atoms with Gasteiger partial charge in [-0.3, -0.25) is 24.0 Å². The molecule has 0 aromatic rings. The lowest BCUT2D eigenvalue weighted by atomic mass is 9.31. The van der Waals surface area contributed by atoms with Crippen molar-refractivity contribution in [2.45, 2.75) is 143 Å². The van der Waals surface area contributed by atoms with Crippen molar-refractivity contribution in [3.8, 4) is 0 Å². The van der Waals surface area contributed by atoms with Gasteiger partial charge in [-0.25, -0.2) is 4.79 Å². The molecule has 0 amide bonds. The number of methoxy groups -OCH3 is 1. The van der Waals surface area contributed by atoms with Gasteiger partial charge in [0.25, 0.3) is 0 Å². The molecule has 16 unspecified atom stereocenters. The quantitative estimate of drug-likeness (QED) is 0.214. The van der Waals surface area contributed by atoms with Gasteiger partial charge in [-0.2, -0.15) is 0 Å². The van der Waals surface area contributed by atoms with Gasteiger partial charge in [-0.15, -0.1) is 0 Å². The molecule has 0 bridgehead atoms. The summed E-state index contributed by atoms with van der Waals surface area (Å²) < 4.78 is 48.1. The third-order valence-corrected chi connectivity index (χ3v) is 14.6. The summed E-state index contributed by atoms with van der Waals surface area (Å²) in [6.45, 7) is 14.3. The van der Waals surface area contributed by atoms with Gasteiger partial charge >= 0.3 is 35.8 Å². The molecule has 0 radical (unpaired) electrons. The van der Waals surface area contributed by atoms with Crippen molar-refractivity contribution in [1.29, 1.82) is 0 Å². The van der Waals surface area contributed by atoms with Gasteiger partial charge < -0.3 is 48.1 Å². The van der Waals surface area contributed by atoms with Crippen LogP contribution < -0.4 is 0 Å². The predicted octanol–water partition coefficient (Wildman–Crippen LogP) is 1.77. The van der Waals surface area contributed by atoms with E-state index in [1.54, 1.807) is 20.8 Å². The van der Waals surface area contributed by atoms with Crippen molar-refractivity contribution in [2.75, 3.05) is 13.7 Å². The third kappa shape index (κ3) is 5.00. The second kappa shape index (κ2) is 12.8. The number of esters is 6. The Hall–Kier alpha value is -3.34. The molecule has 2 aliphatic heterocycles. The molecule has 6 fully saturated rings. The van der Waals surface area contributed by atoms with Crippen LogP contribution in [0.2, 0.25) is 0 Å². The fraction of sp³-hybridized carbons (Fsp3) is 0.842. The summed E-state index contributed by atoms with van der Waals surface area (Å²) in [7, 11) is 1.19. The molecule has 6 aliphatic rings. The normalized spacial score (nSPS) is 48.8. The van der Waals surface area contributed by atoms with E-state index < -0.39 is 135 Å². The molecule has 0 aromatic carbocycles. The molecular formula is C38H54O16. The molecule has 4 aliphatic carbocycles. The zero-order chi connectivity index (χ0) is 40.3. The smallest absolute Gasteiger partial charge is 0.341 e. The minimum atomic E-state index is -1.90. The Labute approximate surface area is 314 Å². The van der Waals surface area contributed by atoms with E-state index in [-0.39, 0.29) is 25.9 Å². The number of carbonyl (C=O) groups is 6. The monoisotopic (exact) mass is 766 g/mol. The summed E-state index contributed by atoms with van der Waals surface area (Å²) in [6, 6.07) is 0. The van der Waals surface area contributed by atoms with Gasteiger partial charge in [0.05, 0.1) is 30.1 Å². The third-order valence-electron chi connectivity index (χ3n) is 14.6. The zero-order valence-electron chi connectivity index (χ0n) is 32.8. The second-order valence-corrected chi connectivity index (χ2v) is 17.2. The SMILES string of the molecule is COC(=O)C12OC1C(C)CC1(O)C3CCC4(C)C(C(OC(C)=O)C(OC(C)=O)C5([C@@H](C)OC(C)=O)COC(O)C45)C3(C)C(OC(C)=O)C(OC(C)=O)C12C. The van der Waals surface area contributed by atoms with E-state index >= 15 is 0 Å². The van der Waals surface area contributed by atoms with Crippen LogP contribution in [0.15, 0.2) is 0 Å². The van der Waals surface area contributed by atoms with Crippen LogP contribution in [0.1, 0.15) is 88.5 Å². The first-order valence-corrected chi connectivity index (χ1v) is 18.6. The number of rotatable bonds is 7. The number of epoxide rings is 1. The summed E-state index contributed by atoms with van der Waals surface area (Å²) in [6.07, 6.45) is -8.60. The van der Waals surface area contributed by atoms with Gasteiger partial charge in [0.1, 0.15) is 24.4 Å². The van der Waals surface area contributed by atoms with E-state index in [1.807, 2.05) is 13.8 Å². The molecule has 302 valence electrons. The van der Waals surface area contributed by atoms with E-state index in [2.05, 4.69) is 0 Å². The maximum atomic E-state index is 13.9. The number of ether oxygens (including phenoxy) is 8. The fourth-order valence-corrected chi connectivity index (χ4v) is 13.1. The van der Waals surface area contributed by atoms with E-state index in [0.29, 0.717) is 0 Å². The van der Waals surface area contributed by atoms with Crippen LogP contribution in [0.25, 0.3) is 0 Å². The summed E-state index contributed by atoms with van der Waals surface area (Å²) in [4.78, 5) is 79.2. The minimum absolute atomic E-state index is 0.0648. The first-order valence-electron chi connectivity index (χ1n) is 18.6. The Balaban J connectivity index is 1.69. The summed E-state index contributed by atoms with van der Waals surface area (Å²) in [5.41, 5.74) is -9.65. The van der Waals surface area contributed by atoms with Gasteiger partial charge in [-0.05, 0) is 50.4 Å². The van der Waals surface area contributed by atoms with E-state index in [9.17, 15) is 39.0 Å². The molecule has 54 heavy (non-hydrogen) atoms. The Kier molecular flexibility index (Phi) is 9.60. The standard InChI is InChI=1S/C38H54O16/c1-16-14-37(46)23-12-13-33(8)25(24(50-19(4)40)28(51-20(5)41)36(17(2)49-18(3)39)15-48-31(44)26(33)36)34(23,9)29(52-21(6)42)30(53-22(7)43)35(37,10)38(27(16)54-38)32(45)47-11/h16-17,23-31,44,46H,12-15H2,1-11H3/t16?,17-,23?,24?,25?,26?,27?,28?,29?,30?,31?,33?,34?,35?,36?,37?,38?/m1/s1. The molecule has 16 nitrogen and oxygen atoms in total. The molecule has 6 rings (SSSR count). The average molecular weight is 767 g/mol. The number of hydrogen-bond acceptors (Lipinski definition) is 16. The fourth-order valence-electron chi connectivity index (χ4n) is 13.1. The molecule has 4 saturated carbocycles. The molecule has 0 aromatic heterocycles. The lowest BCUT2D eigenvalue weighted by Gasteiger charge is -2.74. The lowest BCUT2D eigenvalue weighted by Crippen LogP contribution is -2.84. The maximum absolute atomic E-state index is 13.9. The second-order valence-electron chi connectivity index (χ2n) is 17.2. The Morgan fingerprint density at radius 3 is 1.89 bits per heavy atom. The highest BCUT2D eigenvalue weighted by Gasteiger charge is 2.91. The van der Waals surface area contributed by atoms with E-state index in [1.165, 1.54) is 34.8 Å². The number of fused-ring (bicyclic) bond motifs is 9. The lowest BCUT2D eigenvalue weighted by molar-refractivity contribution is -0.362. The highest BCUT2D eigenvalue weighted by molar-refractivity contribution is 5.86. The van der Waals surface area contributed by atoms with Crippen LogP contribution in [0.4, 0.5) is 0 Å². The first kappa shape index (κ1) is 40.3. The minimum Gasteiger partial charge on any atom is -0.467 e.